The maximum atomic E-state index is 13.3. The molecule has 3 aromatic carbocycles. The molecule has 504 valence electrons. The first kappa shape index (κ1) is 73.6. The quantitative estimate of drug-likeness (QED) is 0.0548. The highest BCUT2D eigenvalue weighted by molar-refractivity contribution is 7.89. The van der Waals surface area contributed by atoms with Gasteiger partial charge in [0.25, 0.3) is 0 Å². The molecular formula is C63H63Cl2FN12O15S3. The van der Waals surface area contributed by atoms with Crippen LogP contribution in [0.1, 0.15) is 102 Å². The van der Waals surface area contributed by atoms with Gasteiger partial charge in [0.2, 0.25) is 47.8 Å². The van der Waals surface area contributed by atoms with Crippen LogP contribution in [0.15, 0.2) is 91.0 Å². The number of hydrogen-bond acceptors (Lipinski definition) is 24. The molecule has 0 unspecified atom stereocenters. The summed E-state index contributed by atoms with van der Waals surface area (Å²) < 4.78 is 108. The van der Waals surface area contributed by atoms with Crippen molar-refractivity contribution in [3.63, 3.8) is 0 Å². The van der Waals surface area contributed by atoms with Crippen molar-refractivity contribution in [1.82, 2.24) is 29.1 Å². The van der Waals surface area contributed by atoms with E-state index < -0.39 is 101 Å². The number of esters is 3. The smallest absolute Gasteiger partial charge is 0.340 e. The average Bonchev–Trinajstić information content (AvgIpc) is 0.791. The minimum absolute atomic E-state index is 0.149. The van der Waals surface area contributed by atoms with Gasteiger partial charge in [0, 0.05) is 49.3 Å². The van der Waals surface area contributed by atoms with Gasteiger partial charge in [-0.15, -0.1) is 0 Å². The lowest BCUT2D eigenvalue weighted by atomic mass is 9.98. The van der Waals surface area contributed by atoms with Crippen LogP contribution in [0.5, 0.6) is 0 Å². The summed E-state index contributed by atoms with van der Waals surface area (Å²) in [6.07, 6.45) is 0. The van der Waals surface area contributed by atoms with Crippen molar-refractivity contribution in [2.24, 2.45) is 17.8 Å². The number of sulfonamides is 3. The van der Waals surface area contributed by atoms with E-state index in [4.69, 9.17) is 37.4 Å². The number of amides is 3. The molecule has 3 aliphatic rings. The summed E-state index contributed by atoms with van der Waals surface area (Å²) in [4.78, 5) is 91.3. The highest BCUT2D eigenvalue weighted by Crippen LogP contribution is 2.32. The predicted molar refractivity (Wildman–Crippen MR) is 348 cm³/mol. The molecule has 0 saturated carbocycles. The maximum absolute atomic E-state index is 13.3. The average molecular weight is 1410 g/mol. The van der Waals surface area contributed by atoms with E-state index in [1.165, 1.54) is 36.4 Å². The molecule has 0 aliphatic carbocycles. The van der Waals surface area contributed by atoms with Crippen molar-refractivity contribution in [1.29, 1.82) is 15.8 Å². The molecule has 96 heavy (non-hydrogen) atoms. The van der Waals surface area contributed by atoms with Gasteiger partial charge >= 0.3 is 17.9 Å². The fourth-order valence-corrected chi connectivity index (χ4v) is 13.7. The number of anilines is 3. The van der Waals surface area contributed by atoms with E-state index in [2.05, 4.69) is 24.4 Å². The first-order valence-electron chi connectivity index (χ1n) is 29.3. The van der Waals surface area contributed by atoms with Crippen molar-refractivity contribution >= 4 is 106 Å². The minimum atomic E-state index is -4.00. The number of nitrogens with zero attached hydrogens (tertiary/aromatic N) is 9. The Kier molecular flexibility index (Phi) is 24.6. The minimum Gasteiger partial charge on any atom is -0.462 e. The maximum Gasteiger partial charge on any atom is 0.340 e. The van der Waals surface area contributed by atoms with Crippen LogP contribution in [0.2, 0.25) is 10.0 Å². The summed E-state index contributed by atoms with van der Waals surface area (Å²) in [6.45, 7) is 11.6. The second-order valence-electron chi connectivity index (χ2n) is 21.8. The molecule has 0 radical (unpaired) electrons. The lowest BCUT2D eigenvalue weighted by molar-refractivity contribution is -0.124. The van der Waals surface area contributed by atoms with Crippen LogP contribution in [0, 0.1) is 78.3 Å². The molecule has 0 bridgehead atoms. The van der Waals surface area contributed by atoms with Gasteiger partial charge in [0.15, 0.2) is 0 Å². The zero-order valence-electron chi connectivity index (χ0n) is 52.4. The van der Waals surface area contributed by atoms with E-state index in [9.17, 15) is 74.2 Å². The third-order valence-electron chi connectivity index (χ3n) is 14.7. The van der Waals surface area contributed by atoms with Crippen LogP contribution in [-0.4, -0.2) is 135 Å². The lowest BCUT2D eigenvalue weighted by Gasteiger charge is -2.39. The number of carbonyl (C=O) groups is 6. The Morgan fingerprint density at radius 2 is 0.844 bits per heavy atom. The monoisotopic (exact) mass is 1410 g/mol. The number of benzene rings is 3. The van der Waals surface area contributed by atoms with Crippen LogP contribution in [0.3, 0.4) is 0 Å². The Morgan fingerprint density at radius 3 is 1.18 bits per heavy atom. The van der Waals surface area contributed by atoms with E-state index >= 15 is 0 Å². The number of halogens is 3. The van der Waals surface area contributed by atoms with Gasteiger partial charge in [-0.05, 0) is 107 Å². The number of aromatic nitrogens is 3. The molecule has 6 aromatic rings. The Labute approximate surface area is 563 Å². The number of hydrogen-bond donors (Lipinski definition) is 3. The molecule has 9 rings (SSSR count). The molecule has 3 fully saturated rings. The normalized spacial score (nSPS) is 13.8. The summed E-state index contributed by atoms with van der Waals surface area (Å²) in [6, 6.07) is 28.2. The first-order chi connectivity index (χ1) is 45.4. The van der Waals surface area contributed by atoms with Crippen LogP contribution in [0.4, 0.5) is 21.8 Å². The highest BCUT2D eigenvalue weighted by Gasteiger charge is 2.40. The number of pyridine rings is 3. The molecule has 3 aliphatic heterocycles. The Morgan fingerprint density at radius 1 is 0.500 bits per heavy atom. The van der Waals surface area contributed by atoms with Crippen molar-refractivity contribution in [3.8, 4) is 18.2 Å². The van der Waals surface area contributed by atoms with Crippen LogP contribution < -0.4 is 28.9 Å². The molecule has 33 heteroatoms. The number of carbonyl (C=O) groups excluding carboxylic acids is 6. The fraction of sp³-hybridized carbons (Fsp3) is 0.333. The van der Waals surface area contributed by atoms with Crippen molar-refractivity contribution in [2.45, 2.75) is 58.8 Å². The molecule has 3 saturated heterocycles. The number of ether oxygens (including phenoxy) is 3. The number of rotatable bonds is 21. The van der Waals surface area contributed by atoms with Gasteiger partial charge in [-0.1, -0.05) is 65.7 Å². The third-order valence-corrected chi connectivity index (χ3v) is 18.9. The van der Waals surface area contributed by atoms with Crippen molar-refractivity contribution in [3.05, 3.63) is 174 Å². The van der Waals surface area contributed by atoms with E-state index in [0.29, 0.717) is 55.7 Å². The van der Waals surface area contributed by atoms with Crippen LogP contribution >= 0.6 is 23.2 Å². The van der Waals surface area contributed by atoms with E-state index in [1.807, 2.05) is 22.9 Å². The van der Waals surface area contributed by atoms with Gasteiger partial charge < -0.3 is 28.9 Å². The third kappa shape index (κ3) is 19.2. The molecule has 3 N–H and O–H groups in total. The number of nitrogens with one attached hydrogen (secondary N) is 3. The molecule has 0 spiro atoms. The number of nitriles is 3. The van der Waals surface area contributed by atoms with E-state index in [-0.39, 0.29) is 104 Å². The highest BCUT2D eigenvalue weighted by atomic mass is 35.5. The van der Waals surface area contributed by atoms with Gasteiger partial charge in [-0.2, -0.15) is 15.8 Å². The molecule has 6 heterocycles. The molecular weight excluding hydrogens is 1350 g/mol. The Hall–Kier alpha value is -9.84. The van der Waals surface area contributed by atoms with Gasteiger partial charge in [0.1, 0.15) is 41.5 Å². The first-order valence-corrected chi connectivity index (χ1v) is 35.0. The van der Waals surface area contributed by atoms with Crippen LogP contribution in [-0.2, 0) is 75.9 Å². The number of aryl methyl sites for hydroxylation is 3. The Bertz CT molecular complexity index is 4490. The molecule has 3 aromatic heterocycles. The van der Waals surface area contributed by atoms with Gasteiger partial charge in [-0.25, -0.2) is 59.0 Å². The zero-order chi connectivity index (χ0) is 70.4. The standard InChI is InChI=1S/2C21H21ClN4O5S.C21H21FN4O5S/c1-3-31-21(28)18-8-15(9-23)19(24-13(18)2)26-10-16(11-26)20(27)25-32(29,30)12-14-4-6-17(22)7-5-14;1-3-31-21(28)17-8-15(9-23)19(24-13(17)2)26-10-16(11-26)20(27)25-32(29,30)12-14-6-4-5-7-18(14)22;1-3-31-21(28)18-8-15(9-23)19(24-13(18)2)26-10-16(11-26)20(27)25-32(29,30)12-14-5-4-6-17(22)7-14/h3*4-8,16H,3,10-12H2,1-2H3,(H,25,27). The predicted octanol–water partition coefficient (Wildman–Crippen LogP) is 6.01. The van der Waals surface area contributed by atoms with E-state index in [0.717, 1.165) is 6.07 Å². The topological polar surface area (TPSA) is 388 Å². The largest absolute Gasteiger partial charge is 0.462 e. The summed E-state index contributed by atoms with van der Waals surface area (Å²) in [5.41, 5.74) is 3.38. The summed E-state index contributed by atoms with van der Waals surface area (Å²) in [7, 11) is -11.8. The van der Waals surface area contributed by atoms with Gasteiger partial charge in [0.05, 0.1) is 105 Å². The summed E-state index contributed by atoms with van der Waals surface area (Å²) in [5, 5.41) is 29.2. The second-order valence-corrected chi connectivity index (χ2v) is 27.8. The van der Waals surface area contributed by atoms with Crippen molar-refractivity contribution < 1.29 is 72.6 Å². The SMILES string of the molecule is CCOC(=O)c1cc(C#N)c(N2CC(C(=O)NS(=O)(=O)Cc3ccc(Cl)cc3)C2)nc1C.CCOC(=O)c1cc(C#N)c(N2CC(C(=O)NS(=O)(=O)Cc3cccc(F)c3)C2)nc1C.CCOC(=O)c1cc(C#N)c(N2CC(C(=O)NS(=O)(=O)Cc3ccccc3Cl)C2)nc1C. The van der Waals surface area contributed by atoms with Crippen LogP contribution in [0.25, 0.3) is 0 Å². The second kappa shape index (κ2) is 32.1. The zero-order valence-corrected chi connectivity index (χ0v) is 56.3. The van der Waals surface area contributed by atoms with Crippen molar-refractivity contribution in [2.75, 3.05) is 73.8 Å². The fourth-order valence-electron chi connectivity index (χ4n) is 9.73. The summed E-state index contributed by atoms with van der Waals surface area (Å²) in [5.74, 6) is -6.30. The molecule has 27 nitrogen and oxygen atoms in total. The van der Waals surface area contributed by atoms with Gasteiger partial charge in [-0.3, -0.25) is 28.5 Å². The van der Waals surface area contributed by atoms with E-state index in [1.54, 1.807) is 105 Å². The molecule has 0 atom stereocenters. The molecule has 3 amide bonds. The Balaban J connectivity index is 0.000000203. The lowest BCUT2D eigenvalue weighted by Crippen LogP contribution is -2.55. The summed E-state index contributed by atoms with van der Waals surface area (Å²) >= 11 is 11.8.